The molecular formula is C11H16INO. The first-order chi connectivity index (χ1) is 6.67. The molecule has 0 aromatic heterocycles. The van der Waals surface area contributed by atoms with E-state index in [0.717, 1.165) is 18.8 Å². The van der Waals surface area contributed by atoms with Crippen molar-refractivity contribution in [3.8, 4) is 5.75 Å². The third-order valence-electron chi connectivity index (χ3n) is 2.21. The van der Waals surface area contributed by atoms with E-state index in [9.17, 15) is 0 Å². The molecule has 0 heterocycles. The zero-order valence-electron chi connectivity index (χ0n) is 8.88. The summed E-state index contributed by atoms with van der Waals surface area (Å²) in [4.78, 5) is 2.28. The smallest absolute Gasteiger partial charge is 0.132 e. The fourth-order valence-electron chi connectivity index (χ4n) is 1.23. The van der Waals surface area contributed by atoms with Gasteiger partial charge in [-0.05, 0) is 53.9 Å². The van der Waals surface area contributed by atoms with Crippen molar-refractivity contribution in [1.82, 2.24) is 4.90 Å². The number of rotatable bonds is 4. The predicted octanol–water partition coefficient (Wildman–Crippen LogP) is 2.75. The minimum absolute atomic E-state index is 0.952. The third-order valence-corrected chi connectivity index (χ3v) is 3.05. The molecule has 0 unspecified atom stereocenters. The normalized spacial score (nSPS) is 10.6. The van der Waals surface area contributed by atoms with Gasteiger partial charge in [-0.25, -0.2) is 0 Å². The molecule has 0 atom stereocenters. The van der Waals surface area contributed by atoms with Crippen LogP contribution in [0.1, 0.15) is 12.5 Å². The van der Waals surface area contributed by atoms with Crippen LogP contribution in [0.5, 0.6) is 5.75 Å². The van der Waals surface area contributed by atoms with Crippen molar-refractivity contribution >= 4 is 22.6 Å². The molecular weight excluding hydrogens is 289 g/mol. The Bertz CT molecular complexity index is 301. The second kappa shape index (κ2) is 5.56. The number of hydrogen-bond acceptors (Lipinski definition) is 2. The fraction of sp³-hybridized carbons (Fsp3) is 0.455. The molecule has 14 heavy (non-hydrogen) atoms. The largest absolute Gasteiger partial charge is 0.496 e. The van der Waals surface area contributed by atoms with E-state index in [1.54, 1.807) is 7.11 Å². The number of benzene rings is 1. The van der Waals surface area contributed by atoms with Crippen molar-refractivity contribution < 1.29 is 4.74 Å². The zero-order chi connectivity index (χ0) is 10.6. The van der Waals surface area contributed by atoms with Crippen molar-refractivity contribution in [2.24, 2.45) is 0 Å². The van der Waals surface area contributed by atoms with Gasteiger partial charge >= 0.3 is 0 Å². The predicted molar refractivity (Wildman–Crippen MR) is 67.7 cm³/mol. The molecule has 2 nitrogen and oxygen atoms in total. The van der Waals surface area contributed by atoms with E-state index < -0.39 is 0 Å². The summed E-state index contributed by atoms with van der Waals surface area (Å²) in [5, 5.41) is 0. The van der Waals surface area contributed by atoms with Crippen LogP contribution in [0.3, 0.4) is 0 Å². The minimum Gasteiger partial charge on any atom is -0.496 e. The summed E-state index contributed by atoms with van der Waals surface area (Å²) < 4.78 is 6.38. The van der Waals surface area contributed by atoms with Gasteiger partial charge in [0, 0.05) is 6.54 Å². The van der Waals surface area contributed by atoms with E-state index in [4.69, 9.17) is 4.74 Å². The van der Waals surface area contributed by atoms with Crippen LogP contribution in [0.25, 0.3) is 0 Å². The van der Waals surface area contributed by atoms with Crippen molar-refractivity contribution in [2.75, 3.05) is 20.7 Å². The van der Waals surface area contributed by atoms with Crippen LogP contribution in [-0.2, 0) is 6.54 Å². The summed E-state index contributed by atoms with van der Waals surface area (Å²) in [6, 6.07) is 6.32. The monoisotopic (exact) mass is 305 g/mol. The SMILES string of the molecule is CCN(C)Cc1ccc(OC)c(I)c1. The molecule has 1 aromatic carbocycles. The van der Waals surface area contributed by atoms with Crippen LogP contribution in [0.4, 0.5) is 0 Å². The zero-order valence-corrected chi connectivity index (χ0v) is 11.0. The van der Waals surface area contributed by atoms with Crippen LogP contribution >= 0.6 is 22.6 Å². The molecule has 0 aliphatic carbocycles. The number of ether oxygens (including phenoxy) is 1. The maximum absolute atomic E-state index is 5.21. The van der Waals surface area contributed by atoms with E-state index in [1.165, 1.54) is 9.13 Å². The summed E-state index contributed by atoms with van der Waals surface area (Å²) in [5.41, 5.74) is 1.33. The molecule has 1 aromatic rings. The quantitative estimate of drug-likeness (QED) is 0.793. The topological polar surface area (TPSA) is 12.5 Å². The lowest BCUT2D eigenvalue weighted by Gasteiger charge is -2.14. The Morgan fingerprint density at radius 3 is 2.64 bits per heavy atom. The highest BCUT2D eigenvalue weighted by molar-refractivity contribution is 14.1. The van der Waals surface area contributed by atoms with Crippen LogP contribution in [-0.4, -0.2) is 25.6 Å². The highest BCUT2D eigenvalue weighted by Gasteiger charge is 2.02. The highest BCUT2D eigenvalue weighted by Crippen LogP contribution is 2.21. The van der Waals surface area contributed by atoms with Gasteiger partial charge in [0.15, 0.2) is 0 Å². The van der Waals surface area contributed by atoms with Crippen LogP contribution in [0, 0.1) is 3.57 Å². The molecule has 0 saturated heterocycles. The van der Waals surface area contributed by atoms with Gasteiger partial charge < -0.3 is 9.64 Å². The van der Waals surface area contributed by atoms with E-state index in [2.05, 4.69) is 53.6 Å². The van der Waals surface area contributed by atoms with Crippen molar-refractivity contribution in [2.45, 2.75) is 13.5 Å². The number of methoxy groups -OCH3 is 1. The molecule has 0 amide bonds. The molecule has 0 aliphatic heterocycles. The van der Waals surface area contributed by atoms with Gasteiger partial charge in [-0.15, -0.1) is 0 Å². The molecule has 0 N–H and O–H groups in total. The molecule has 0 radical (unpaired) electrons. The Morgan fingerprint density at radius 1 is 1.43 bits per heavy atom. The van der Waals surface area contributed by atoms with Crippen molar-refractivity contribution in [3.05, 3.63) is 27.3 Å². The maximum atomic E-state index is 5.21. The lowest BCUT2D eigenvalue weighted by Crippen LogP contribution is -2.16. The minimum atomic E-state index is 0.952. The Kier molecular flexibility index (Phi) is 4.68. The molecule has 78 valence electrons. The summed E-state index contributed by atoms with van der Waals surface area (Å²) >= 11 is 2.30. The Hall–Kier alpha value is -0.290. The lowest BCUT2D eigenvalue weighted by molar-refractivity contribution is 0.345. The van der Waals surface area contributed by atoms with Gasteiger partial charge in [0.1, 0.15) is 5.75 Å². The first kappa shape index (κ1) is 11.8. The molecule has 0 saturated carbocycles. The van der Waals surface area contributed by atoms with Gasteiger partial charge in [-0.1, -0.05) is 13.0 Å². The van der Waals surface area contributed by atoms with Gasteiger partial charge in [0.05, 0.1) is 10.7 Å². The average Bonchev–Trinajstić information content (AvgIpc) is 2.18. The van der Waals surface area contributed by atoms with Gasteiger partial charge in [-0.2, -0.15) is 0 Å². The molecule has 0 fully saturated rings. The molecule has 1 rings (SSSR count). The molecule has 0 spiro atoms. The Morgan fingerprint density at radius 2 is 2.14 bits per heavy atom. The van der Waals surface area contributed by atoms with Crippen LogP contribution in [0.15, 0.2) is 18.2 Å². The number of nitrogens with zero attached hydrogens (tertiary/aromatic N) is 1. The summed E-state index contributed by atoms with van der Waals surface area (Å²) in [5.74, 6) is 0.952. The second-order valence-corrected chi connectivity index (χ2v) is 4.46. The van der Waals surface area contributed by atoms with Crippen molar-refractivity contribution in [1.29, 1.82) is 0 Å². The standard InChI is InChI=1S/C11H16INO/c1-4-13(2)8-9-5-6-11(14-3)10(12)7-9/h5-7H,4,8H2,1-3H3. The number of halogens is 1. The fourth-order valence-corrected chi connectivity index (χ4v) is 2.03. The van der Waals surface area contributed by atoms with E-state index >= 15 is 0 Å². The summed E-state index contributed by atoms with van der Waals surface area (Å²) in [6.45, 7) is 4.23. The van der Waals surface area contributed by atoms with E-state index in [1.807, 2.05) is 6.07 Å². The van der Waals surface area contributed by atoms with Crippen molar-refractivity contribution in [3.63, 3.8) is 0 Å². The van der Waals surface area contributed by atoms with E-state index in [-0.39, 0.29) is 0 Å². The lowest BCUT2D eigenvalue weighted by atomic mass is 10.2. The average molecular weight is 305 g/mol. The van der Waals surface area contributed by atoms with Gasteiger partial charge in [0.2, 0.25) is 0 Å². The first-order valence-corrected chi connectivity index (χ1v) is 5.76. The van der Waals surface area contributed by atoms with Gasteiger partial charge in [-0.3, -0.25) is 0 Å². The third kappa shape index (κ3) is 3.13. The van der Waals surface area contributed by atoms with E-state index in [0.29, 0.717) is 0 Å². The maximum Gasteiger partial charge on any atom is 0.132 e. The Balaban J connectivity index is 2.76. The van der Waals surface area contributed by atoms with Gasteiger partial charge in [0.25, 0.3) is 0 Å². The first-order valence-electron chi connectivity index (χ1n) is 4.68. The second-order valence-electron chi connectivity index (χ2n) is 3.30. The van der Waals surface area contributed by atoms with Crippen LogP contribution < -0.4 is 4.74 Å². The summed E-state index contributed by atoms with van der Waals surface area (Å²) in [6.07, 6.45) is 0. The summed E-state index contributed by atoms with van der Waals surface area (Å²) in [7, 11) is 3.83. The number of hydrogen-bond donors (Lipinski definition) is 0. The molecule has 3 heteroatoms. The highest BCUT2D eigenvalue weighted by atomic mass is 127. The Labute approximate surface area is 99.4 Å². The molecule has 0 bridgehead atoms. The van der Waals surface area contributed by atoms with Crippen LogP contribution in [0.2, 0.25) is 0 Å². The molecule has 0 aliphatic rings.